The number of aryl methyl sites for hydroxylation is 1. The molecule has 0 unspecified atom stereocenters. The summed E-state index contributed by atoms with van der Waals surface area (Å²) in [4.78, 5) is 25.3. The molecular formula is C19H22N2O2. The molecule has 120 valence electrons. The summed E-state index contributed by atoms with van der Waals surface area (Å²) in [5.74, 6) is -0.0396. The fraction of sp³-hybridized carbons (Fsp3) is 0.263. The second-order valence-electron chi connectivity index (χ2n) is 5.84. The standard InChI is InChI=1S/C19H22N2O2/c1-14-4-6-15(7-5-14)12-18(22)20-13-16-8-10-17(11-9-16)19(23)21(2)3/h4-11H,12-13H2,1-3H3,(H,20,22). The Labute approximate surface area is 137 Å². The minimum absolute atomic E-state index is 0.0118. The predicted molar refractivity (Wildman–Crippen MR) is 91.2 cm³/mol. The van der Waals surface area contributed by atoms with Crippen LogP contribution in [-0.2, 0) is 17.8 Å². The molecule has 1 N–H and O–H groups in total. The number of nitrogens with zero attached hydrogens (tertiary/aromatic N) is 1. The monoisotopic (exact) mass is 310 g/mol. The summed E-state index contributed by atoms with van der Waals surface area (Å²) >= 11 is 0. The maximum Gasteiger partial charge on any atom is 0.253 e. The van der Waals surface area contributed by atoms with Gasteiger partial charge < -0.3 is 10.2 Å². The minimum atomic E-state index is -0.0278. The summed E-state index contributed by atoms with van der Waals surface area (Å²) < 4.78 is 0. The second kappa shape index (κ2) is 7.58. The first-order chi connectivity index (χ1) is 11.0. The molecule has 0 aliphatic heterocycles. The normalized spacial score (nSPS) is 10.2. The van der Waals surface area contributed by atoms with Gasteiger partial charge in [0.15, 0.2) is 0 Å². The number of amides is 2. The van der Waals surface area contributed by atoms with E-state index in [1.807, 2.05) is 43.3 Å². The Balaban J connectivity index is 1.86. The topological polar surface area (TPSA) is 49.4 Å². The van der Waals surface area contributed by atoms with Gasteiger partial charge in [-0.3, -0.25) is 9.59 Å². The van der Waals surface area contributed by atoms with Crippen molar-refractivity contribution >= 4 is 11.8 Å². The molecule has 4 heteroatoms. The van der Waals surface area contributed by atoms with E-state index in [1.165, 1.54) is 5.56 Å². The van der Waals surface area contributed by atoms with Crippen LogP contribution in [0.4, 0.5) is 0 Å². The fourth-order valence-corrected chi connectivity index (χ4v) is 2.18. The third-order valence-corrected chi connectivity index (χ3v) is 3.58. The van der Waals surface area contributed by atoms with Crippen molar-refractivity contribution < 1.29 is 9.59 Å². The molecule has 0 aromatic heterocycles. The Morgan fingerprint density at radius 2 is 1.48 bits per heavy atom. The van der Waals surface area contributed by atoms with Crippen LogP contribution < -0.4 is 5.32 Å². The molecule has 2 aromatic rings. The molecule has 2 amide bonds. The average Bonchev–Trinajstić information content (AvgIpc) is 2.55. The van der Waals surface area contributed by atoms with E-state index in [9.17, 15) is 9.59 Å². The number of benzene rings is 2. The zero-order chi connectivity index (χ0) is 16.8. The van der Waals surface area contributed by atoms with Gasteiger partial charge in [0.2, 0.25) is 5.91 Å². The Hall–Kier alpha value is -2.62. The molecule has 2 aromatic carbocycles. The largest absolute Gasteiger partial charge is 0.352 e. The van der Waals surface area contributed by atoms with Crippen LogP contribution in [0.3, 0.4) is 0 Å². The van der Waals surface area contributed by atoms with Crippen LogP contribution in [-0.4, -0.2) is 30.8 Å². The predicted octanol–water partition coefficient (Wildman–Crippen LogP) is 2.56. The van der Waals surface area contributed by atoms with Gasteiger partial charge in [-0.05, 0) is 30.2 Å². The van der Waals surface area contributed by atoms with E-state index in [1.54, 1.807) is 31.1 Å². The van der Waals surface area contributed by atoms with E-state index < -0.39 is 0 Å². The van der Waals surface area contributed by atoms with Crippen LogP contribution in [0.15, 0.2) is 48.5 Å². The highest BCUT2D eigenvalue weighted by atomic mass is 16.2. The third-order valence-electron chi connectivity index (χ3n) is 3.58. The van der Waals surface area contributed by atoms with Crippen LogP contribution >= 0.6 is 0 Å². The van der Waals surface area contributed by atoms with Crippen molar-refractivity contribution in [2.75, 3.05) is 14.1 Å². The van der Waals surface area contributed by atoms with Crippen molar-refractivity contribution in [1.82, 2.24) is 10.2 Å². The lowest BCUT2D eigenvalue weighted by Gasteiger charge is -2.11. The van der Waals surface area contributed by atoms with Gasteiger partial charge in [0.1, 0.15) is 0 Å². The SMILES string of the molecule is Cc1ccc(CC(=O)NCc2ccc(C(=O)N(C)C)cc2)cc1. The zero-order valence-corrected chi connectivity index (χ0v) is 13.8. The third kappa shape index (κ3) is 4.95. The van der Waals surface area contributed by atoms with Crippen LogP contribution in [0.5, 0.6) is 0 Å². The molecule has 0 aliphatic carbocycles. The van der Waals surface area contributed by atoms with Gasteiger partial charge in [0.25, 0.3) is 5.91 Å². The Morgan fingerprint density at radius 1 is 0.913 bits per heavy atom. The van der Waals surface area contributed by atoms with Crippen molar-refractivity contribution in [3.8, 4) is 0 Å². The number of rotatable bonds is 5. The summed E-state index contributed by atoms with van der Waals surface area (Å²) in [5.41, 5.74) is 3.80. The molecule has 0 heterocycles. The highest BCUT2D eigenvalue weighted by Crippen LogP contribution is 2.07. The average molecular weight is 310 g/mol. The molecule has 0 aliphatic rings. The van der Waals surface area contributed by atoms with E-state index in [-0.39, 0.29) is 11.8 Å². The van der Waals surface area contributed by atoms with E-state index >= 15 is 0 Å². The molecule has 23 heavy (non-hydrogen) atoms. The highest BCUT2D eigenvalue weighted by molar-refractivity contribution is 5.93. The van der Waals surface area contributed by atoms with Crippen molar-refractivity contribution in [1.29, 1.82) is 0 Å². The quantitative estimate of drug-likeness (QED) is 0.922. The Kier molecular flexibility index (Phi) is 5.52. The Morgan fingerprint density at radius 3 is 2.04 bits per heavy atom. The molecule has 0 saturated carbocycles. The molecule has 0 radical (unpaired) electrons. The summed E-state index contributed by atoms with van der Waals surface area (Å²) in [5, 5.41) is 2.90. The van der Waals surface area contributed by atoms with Crippen molar-refractivity contribution in [2.24, 2.45) is 0 Å². The molecular weight excluding hydrogens is 288 g/mol. The van der Waals surface area contributed by atoms with Crippen LogP contribution in [0, 0.1) is 6.92 Å². The number of hydrogen-bond donors (Lipinski definition) is 1. The zero-order valence-electron chi connectivity index (χ0n) is 13.8. The maximum absolute atomic E-state index is 12.0. The Bertz CT molecular complexity index is 674. The minimum Gasteiger partial charge on any atom is -0.352 e. The lowest BCUT2D eigenvalue weighted by atomic mass is 10.1. The summed E-state index contributed by atoms with van der Waals surface area (Å²) in [6.45, 7) is 2.48. The smallest absolute Gasteiger partial charge is 0.253 e. The van der Waals surface area contributed by atoms with E-state index in [0.29, 0.717) is 18.5 Å². The van der Waals surface area contributed by atoms with Gasteiger partial charge in [-0.1, -0.05) is 42.0 Å². The van der Waals surface area contributed by atoms with Crippen molar-refractivity contribution in [3.05, 3.63) is 70.8 Å². The van der Waals surface area contributed by atoms with Gasteiger partial charge in [0, 0.05) is 26.2 Å². The lowest BCUT2D eigenvalue weighted by Crippen LogP contribution is -2.24. The maximum atomic E-state index is 12.0. The van der Waals surface area contributed by atoms with Gasteiger partial charge in [-0.2, -0.15) is 0 Å². The molecule has 4 nitrogen and oxygen atoms in total. The van der Waals surface area contributed by atoms with Gasteiger partial charge in [0.05, 0.1) is 6.42 Å². The van der Waals surface area contributed by atoms with Crippen molar-refractivity contribution in [3.63, 3.8) is 0 Å². The molecule has 0 fully saturated rings. The molecule has 2 rings (SSSR count). The highest BCUT2D eigenvalue weighted by Gasteiger charge is 2.08. The fourth-order valence-electron chi connectivity index (χ4n) is 2.18. The lowest BCUT2D eigenvalue weighted by molar-refractivity contribution is -0.120. The summed E-state index contributed by atoms with van der Waals surface area (Å²) in [7, 11) is 3.45. The number of carbonyl (C=O) groups is 2. The first-order valence-electron chi connectivity index (χ1n) is 7.58. The number of carbonyl (C=O) groups excluding carboxylic acids is 2. The molecule has 0 saturated heterocycles. The van der Waals surface area contributed by atoms with Crippen molar-refractivity contribution in [2.45, 2.75) is 19.9 Å². The van der Waals surface area contributed by atoms with Crippen LogP contribution in [0.1, 0.15) is 27.0 Å². The molecule has 0 bridgehead atoms. The summed E-state index contributed by atoms with van der Waals surface area (Å²) in [6.07, 6.45) is 0.372. The first kappa shape index (κ1) is 16.7. The number of nitrogens with one attached hydrogen (secondary N) is 1. The van der Waals surface area contributed by atoms with Crippen LogP contribution in [0.2, 0.25) is 0 Å². The van der Waals surface area contributed by atoms with E-state index in [2.05, 4.69) is 5.32 Å². The number of hydrogen-bond acceptors (Lipinski definition) is 2. The molecule has 0 spiro atoms. The summed E-state index contributed by atoms with van der Waals surface area (Å²) in [6, 6.07) is 15.2. The second-order valence-corrected chi connectivity index (χ2v) is 5.84. The first-order valence-corrected chi connectivity index (χ1v) is 7.58. The van der Waals surface area contributed by atoms with E-state index in [0.717, 1.165) is 11.1 Å². The van der Waals surface area contributed by atoms with Gasteiger partial charge >= 0.3 is 0 Å². The van der Waals surface area contributed by atoms with Gasteiger partial charge in [-0.25, -0.2) is 0 Å². The van der Waals surface area contributed by atoms with Crippen LogP contribution in [0.25, 0.3) is 0 Å². The molecule has 0 atom stereocenters. The van der Waals surface area contributed by atoms with Gasteiger partial charge in [-0.15, -0.1) is 0 Å². The van der Waals surface area contributed by atoms with E-state index in [4.69, 9.17) is 0 Å².